The van der Waals surface area contributed by atoms with Crippen molar-refractivity contribution in [3.63, 3.8) is 0 Å². The first-order chi connectivity index (χ1) is 12.2. The molecule has 26 heavy (non-hydrogen) atoms. The number of ether oxygens (including phenoxy) is 5. The smallest absolute Gasteiger partial charge is 0.190 e. The molecule has 3 aliphatic rings. The molecule has 1 aromatic rings. The number of hydrogen-bond donors (Lipinski definition) is 1. The topological polar surface area (TPSA) is 73.7 Å². The first-order valence-corrected chi connectivity index (χ1v) is 9.15. The normalized spacial score (nSPS) is 38.6. The van der Waals surface area contributed by atoms with Crippen molar-refractivity contribution < 1.29 is 28.7 Å². The van der Waals surface area contributed by atoms with E-state index < -0.39 is 24.0 Å². The Labute approximate surface area is 153 Å². The highest BCUT2D eigenvalue weighted by Crippen LogP contribution is 2.43. The number of hydrogen-bond acceptors (Lipinski definition) is 6. The second-order valence-electron chi connectivity index (χ2n) is 8.11. The van der Waals surface area contributed by atoms with E-state index in [4.69, 9.17) is 23.7 Å². The average Bonchev–Trinajstić information content (AvgIpc) is 3.03. The van der Waals surface area contributed by atoms with E-state index in [1.54, 1.807) is 0 Å². The van der Waals surface area contributed by atoms with Gasteiger partial charge in [-0.1, -0.05) is 30.3 Å². The number of nitrogens with one attached hydrogen (secondary N) is 1. The van der Waals surface area contributed by atoms with Gasteiger partial charge in [0.1, 0.15) is 37.5 Å². The third-order valence-electron chi connectivity index (χ3n) is 4.92. The summed E-state index contributed by atoms with van der Waals surface area (Å²) >= 11 is 0. The van der Waals surface area contributed by atoms with E-state index in [9.17, 15) is 5.21 Å². The van der Waals surface area contributed by atoms with Crippen molar-refractivity contribution in [2.24, 2.45) is 0 Å². The molecule has 7 heteroatoms. The minimum atomic E-state index is -0.751. The molecule has 0 spiro atoms. The molecule has 3 saturated heterocycles. The van der Waals surface area contributed by atoms with Crippen molar-refractivity contribution in [2.75, 3.05) is 6.54 Å². The molecule has 0 amide bonds. The Morgan fingerprint density at radius 2 is 1.50 bits per heavy atom. The molecule has 3 aliphatic heterocycles. The van der Waals surface area contributed by atoms with Crippen molar-refractivity contribution >= 4 is 0 Å². The Hall–Kier alpha value is -1.06. The lowest BCUT2D eigenvalue weighted by Gasteiger charge is -2.39. The Morgan fingerprint density at radius 1 is 0.885 bits per heavy atom. The van der Waals surface area contributed by atoms with Crippen molar-refractivity contribution in [1.29, 1.82) is 0 Å². The highest BCUT2D eigenvalue weighted by molar-refractivity contribution is 5.13. The molecular weight excluding hydrogens is 338 g/mol. The molecule has 0 radical (unpaired) electrons. The number of rotatable bonds is 4. The van der Waals surface area contributed by atoms with Crippen LogP contribution >= 0.6 is 0 Å². The highest BCUT2D eigenvalue weighted by Gasteiger charge is 2.61. The fourth-order valence-electron chi connectivity index (χ4n) is 3.98. The van der Waals surface area contributed by atoms with Crippen LogP contribution in [0.4, 0.5) is 0 Å². The summed E-state index contributed by atoms with van der Waals surface area (Å²) in [7, 11) is 0. The zero-order valence-electron chi connectivity index (χ0n) is 15.6. The van der Waals surface area contributed by atoms with Gasteiger partial charge < -0.3 is 34.0 Å². The van der Waals surface area contributed by atoms with Crippen LogP contribution in [0.1, 0.15) is 33.3 Å². The molecule has 1 N–H and O–H groups in total. The molecule has 7 nitrogen and oxygen atoms in total. The zero-order chi connectivity index (χ0) is 18.5. The van der Waals surface area contributed by atoms with Crippen LogP contribution in [0.2, 0.25) is 0 Å². The minimum Gasteiger partial charge on any atom is -0.634 e. The summed E-state index contributed by atoms with van der Waals surface area (Å²) in [6, 6.07) is 9.71. The Bertz CT molecular complexity index is 636. The molecular formula is C19H27NO6. The fourth-order valence-corrected chi connectivity index (χ4v) is 3.98. The van der Waals surface area contributed by atoms with Gasteiger partial charge in [0, 0.05) is 5.56 Å². The van der Waals surface area contributed by atoms with E-state index >= 15 is 0 Å². The van der Waals surface area contributed by atoms with Crippen molar-refractivity contribution in [2.45, 2.75) is 76.5 Å². The standard InChI is InChI=1S/C19H27NO6/c1-18(2)23-14-13(11-20(21)10-12-8-6-5-7-9-12)22-17-16(15(14)24-18)25-19(3,4)26-17/h5-9,13-17,20H,10-11H2,1-4H3/t13-,14+,15+,16-,17-/m1/s1. The summed E-state index contributed by atoms with van der Waals surface area (Å²) in [5.74, 6) is -1.50. The molecule has 0 bridgehead atoms. The molecule has 6 atom stereocenters. The minimum absolute atomic E-state index is 0.102. The molecule has 4 rings (SSSR count). The third-order valence-corrected chi connectivity index (χ3v) is 4.92. The van der Waals surface area contributed by atoms with Crippen LogP contribution in [0.3, 0.4) is 0 Å². The lowest BCUT2D eigenvalue weighted by atomic mass is 9.99. The second-order valence-corrected chi connectivity index (χ2v) is 8.11. The summed E-state index contributed by atoms with van der Waals surface area (Å²) in [6.07, 6.45) is -2.02. The van der Waals surface area contributed by atoms with Gasteiger partial charge in [0.15, 0.2) is 17.9 Å². The quantitative estimate of drug-likeness (QED) is 0.802. The molecule has 0 aliphatic carbocycles. The van der Waals surface area contributed by atoms with Crippen LogP contribution in [0.25, 0.3) is 0 Å². The van der Waals surface area contributed by atoms with E-state index in [0.29, 0.717) is 6.54 Å². The molecule has 0 aromatic heterocycles. The summed E-state index contributed by atoms with van der Waals surface area (Å²) in [6.45, 7) is 8.05. The summed E-state index contributed by atoms with van der Waals surface area (Å²) in [5, 5.41) is 12.7. The van der Waals surface area contributed by atoms with E-state index in [0.717, 1.165) is 5.56 Å². The van der Waals surface area contributed by atoms with Gasteiger partial charge in [0.2, 0.25) is 0 Å². The number of fused-ring (bicyclic) bond motifs is 3. The SMILES string of the molecule is CC1(C)O[C@H]2[C@@H](O1)[C@@H](C[NH+]([O-])Cc1ccccc1)O[C@@H]1OC(C)(C)O[C@@H]12. The van der Waals surface area contributed by atoms with Gasteiger partial charge in [-0.2, -0.15) is 0 Å². The maximum Gasteiger partial charge on any atom is 0.190 e. The maximum absolute atomic E-state index is 12.6. The van der Waals surface area contributed by atoms with E-state index in [-0.39, 0.29) is 29.9 Å². The molecule has 3 heterocycles. The molecule has 0 saturated carbocycles. The lowest BCUT2D eigenvalue weighted by Crippen LogP contribution is -3.07. The van der Waals surface area contributed by atoms with Crippen LogP contribution in [0.15, 0.2) is 30.3 Å². The van der Waals surface area contributed by atoms with Crippen molar-refractivity contribution in [3.8, 4) is 0 Å². The predicted octanol–water partition coefficient (Wildman–Crippen LogP) is 0.966. The van der Waals surface area contributed by atoms with Crippen LogP contribution in [-0.2, 0) is 30.2 Å². The molecule has 144 valence electrons. The number of benzene rings is 1. The third kappa shape index (κ3) is 3.66. The Balaban J connectivity index is 1.48. The lowest BCUT2D eigenvalue weighted by molar-refractivity contribution is -0.867. The van der Waals surface area contributed by atoms with Crippen molar-refractivity contribution in [3.05, 3.63) is 41.1 Å². The zero-order valence-corrected chi connectivity index (χ0v) is 15.6. The van der Waals surface area contributed by atoms with Crippen LogP contribution < -0.4 is 5.06 Å². The van der Waals surface area contributed by atoms with Crippen LogP contribution in [0, 0.1) is 5.21 Å². The maximum atomic E-state index is 12.6. The first-order valence-electron chi connectivity index (χ1n) is 9.15. The first kappa shape index (κ1) is 18.3. The van der Waals surface area contributed by atoms with Gasteiger partial charge >= 0.3 is 0 Å². The largest absolute Gasteiger partial charge is 0.634 e. The molecule has 1 unspecified atom stereocenters. The highest BCUT2D eigenvalue weighted by atomic mass is 16.9. The Kier molecular flexibility index (Phi) is 4.60. The predicted molar refractivity (Wildman–Crippen MR) is 91.9 cm³/mol. The van der Waals surface area contributed by atoms with E-state index in [1.807, 2.05) is 58.0 Å². The van der Waals surface area contributed by atoms with Gasteiger partial charge in [-0.15, -0.1) is 0 Å². The van der Waals surface area contributed by atoms with E-state index in [2.05, 4.69) is 0 Å². The van der Waals surface area contributed by atoms with Gasteiger partial charge in [-0.3, -0.25) is 0 Å². The summed E-state index contributed by atoms with van der Waals surface area (Å²) < 4.78 is 30.1. The summed E-state index contributed by atoms with van der Waals surface area (Å²) in [5.41, 5.74) is 0.994. The van der Waals surface area contributed by atoms with Gasteiger partial charge in [0.25, 0.3) is 0 Å². The average molecular weight is 365 g/mol. The number of quaternary nitrogens is 1. The monoisotopic (exact) mass is 365 g/mol. The molecule has 1 aromatic carbocycles. The van der Waals surface area contributed by atoms with Crippen LogP contribution in [0.5, 0.6) is 0 Å². The fraction of sp³-hybridized carbons (Fsp3) is 0.684. The van der Waals surface area contributed by atoms with Gasteiger partial charge in [-0.05, 0) is 27.7 Å². The van der Waals surface area contributed by atoms with Gasteiger partial charge in [0.05, 0.1) is 0 Å². The Morgan fingerprint density at radius 3 is 2.23 bits per heavy atom. The molecule has 3 fully saturated rings. The number of hydroxylamine groups is 2. The van der Waals surface area contributed by atoms with Gasteiger partial charge in [-0.25, -0.2) is 0 Å². The summed E-state index contributed by atoms with van der Waals surface area (Å²) in [4.78, 5) is 0. The van der Waals surface area contributed by atoms with Crippen molar-refractivity contribution in [1.82, 2.24) is 0 Å². The van der Waals surface area contributed by atoms with Crippen LogP contribution in [-0.4, -0.2) is 48.8 Å². The second kappa shape index (κ2) is 6.53. The van der Waals surface area contributed by atoms with E-state index in [1.165, 1.54) is 0 Å².